The third-order valence-corrected chi connectivity index (χ3v) is 3.91. The largest absolute Gasteiger partial charge is 0.382 e. The van der Waals surface area contributed by atoms with Crippen molar-refractivity contribution in [3.8, 4) is 0 Å². The van der Waals surface area contributed by atoms with Crippen LogP contribution < -0.4 is 10.2 Å². The zero-order valence-electron chi connectivity index (χ0n) is 10.5. The van der Waals surface area contributed by atoms with Crippen LogP contribution in [0.5, 0.6) is 0 Å². The van der Waals surface area contributed by atoms with Crippen LogP contribution in [-0.4, -0.2) is 25.7 Å². The summed E-state index contributed by atoms with van der Waals surface area (Å²) in [5.74, 6) is 0.747. The Morgan fingerprint density at radius 1 is 1.19 bits per heavy atom. The number of piperidine rings is 1. The molecule has 1 aromatic rings. The van der Waals surface area contributed by atoms with Crippen LogP contribution in [0.4, 0.5) is 5.69 Å². The summed E-state index contributed by atoms with van der Waals surface area (Å²) in [5.41, 5.74) is 1.26. The minimum Gasteiger partial charge on any atom is -0.382 e. The molecule has 1 heterocycles. The lowest BCUT2D eigenvalue weighted by molar-refractivity contribution is -0.913. The normalized spacial score (nSPS) is 34.7. The van der Waals surface area contributed by atoms with Crippen LogP contribution in [0.3, 0.4) is 0 Å². The van der Waals surface area contributed by atoms with E-state index in [1.165, 1.54) is 18.7 Å². The maximum Gasteiger partial charge on any atom is 0.0864 e. The second-order valence-corrected chi connectivity index (χ2v) is 5.28. The van der Waals surface area contributed by atoms with Crippen molar-refractivity contribution < 1.29 is 4.90 Å². The Labute approximate surface area is 98.7 Å². The van der Waals surface area contributed by atoms with Crippen molar-refractivity contribution in [1.82, 2.24) is 0 Å². The second-order valence-electron chi connectivity index (χ2n) is 5.28. The maximum atomic E-state index is 3.67. The topological polar surface area (TPSA) is 16.5 Å². The van der Waals surface area contributed by atoms with Crippen molar-refractivity contribution in [2.75, 3.05) is 18.9 Å². The van der Waals surface area contributed by atoms with Crippen molar-refractivity contribution in [2.45, 2.75) is 32.4 Å². The maximum absolute atomic E-state index is 3.67. The van der Waals surface area contributed by atoms with Crippen molar-refractivity contribution in [3.05, 3.63) is 30.3 Å². The fourth-order valence-corrected chi connectivity index (χ4v) is 2.62. The number of quaternary nitrogens is 1. The van der Waals surface area contributed by atoms with Gasteiger partial charge in [0.1, 0.15) is 0 Å². The standard InChI is InChI=1S/C14H22N2/c1-11-10-16(3)12(2)9-14(11)15-13-7-5-4-6-8-13/h4-8,11-12,14-15H,9-10H2,1-3H3/p+1/t11-,12-,14-/m1/s1. The van der Waals surface area contributed by atoms with E-state index in [0.717, 1.165) is 12.0 Å². The Morgan fingerprint density at radius 2 is 1.88 bits per heavy atom. The molecule has 1 saturated heterocycles. The third-order valence-electron chi connectivity index (χ3n) is 3.91. The van der Waals surface area contributed by atoms with Gasteiger partial charge in [-0.2, -0.15) is 0 Å². The van der Waals surface area contributed by atoms with E-state index >= 15 is 0 Å². The van der Waals surface area contributed by atoms with Crippen LogP contribution in [0.15, 0.2) is 30.3 Å². The average Bonchev–Trinajstić information content (AvgIpc) is 2.27. The summed E-state index contributed by atoms with van der Waals surface area (Å²) in [6, 6.07) is 12.0. The summed E-state index contributed by atoms with van der Waals surface area (Å²) in [6.45, 7) is 5.97. The first-order chi connectivity index (χ1) is 7.66. The first kappa shape index (κ1) is 11.5. The smallest absolute Gasteiger partial charge is 0.0864 e. The number of para-hydroxylation sites is 1. The molecular formula is C14H23N2+. The molecule has 2 rings (SSSR count). The van der Waals surface area contributed by atoms with E-state index in [2.05, 4.69) is 56.5 Å². The Morgan fingerprint density at radius 3 is 2.56 bits per heavy atom. The van der Waals surface area contributed by atoms with Gasteiger partial charge in [-0.3, -0.25) is 0 Å². The molecule has 0 radical (unpaired) electrons. The van der Waals surface area contributed by atoms with Crippen LogP contribution in [0, 0.1) is 5.92 Å². The zero-order valence-corrected chi connectivity index (χ0v) is 10.5. The molecule has 16 heavy (non-hydrogen) atoms. The van der Waals surface area contributed by atoms with E-state index in [1.807, 2.05) is 0 Å². The van der Waals surface area contributed by atoms with Gasteiger partial charge in [0.25, 0.3) is 0 Å². The summed E-state index contributed by atoms with van der Waals surface area (Å²) in [7, 11) is 2.31. The van der Waals surface area contributed by atoms with E-state index < -0.39 is 0 Å². The first-order valence-corrected chi connectivity index (χ1v) is 6.30. The molecule has 1 aliphatic rings. The van der Waals surface area contributed by atoms with E-state index in [0.29, 0.717) is 6.04 Å². The second kappa shape index (κ2) is 4.88. The minimum absolute atomic E-state index is 0.626. The quantitative estimate of drug-likeness (QED) is 0.769. The molecular weight excluding hydrogens is 196 g/mol. The molecule has 0 bridgehead atoms. The molecule has 1 fully saturated rings. The molecule has 1 unspecified atom stereocenters. The number of nitrogens with one attached hydrogen (secondary N) is 2. The molecule has 4 atom stereocenters. The summed E-state index contributed by atoms with van der Waals surface area (Å²) >= 11 is 0. The molecule has 2 heteroatoms. The summed E-state index contributed by atoms with van der Waals surface area (Å²) in [6.07, 6.45) is 1.27. The Balaban J connectivity index is 2.00. The van der Waals surface area contributed by atoms with Gasteiger partial charge in [-0.25, -0.2) is 0 Å². The average molecular weight is 219 g/mol. The minimum atomic E-state index is 0.626. The molecule has 0 spiro atoms. The molecule has 2 nitrogen and oxygen atoms in total. The number of anilines is 1. The highest BCUT2D eigenvalue weighted by molar-refractivity contribution is 5.43. The SMILES string of the molecule is C[C@@H]1C[NH+](C)[C@H](C)C[C@H]1Nc1ccccc1. The van der Waals surface area contributed by atoms with Crippen molar-refractivity contribution in [1.29, 1.82) is 0 Å². The van der Waals surface area contributed by atoms with E-state index in [9.17, 15) is 0 Å². The molecule has 0 amide bonds. The number of hydrogen-bond donors (Lipinski definition) is 2. The van der Waals surface area contributed by atoms with Gasteiger partial charge in [0.05, 0.1) is 19.6 Å². The molecule has 0 aliphatic carbocycles. The predicted molar refractivity (Wildman–Crippen MR) is 68.8 cm³/mol. The van der Waals surface area contributed by atoms with Crippen molar-refractivity contribution in [3.63, 3.8) is 0 Å². The molecule has 1 aliphatic heterocycles. The van der Waals surface area contributed by atoms with Gasteiger partial charge in [-0.1, -0.05) is 25.1 Å². The molecule has 1 aromatic carbocycles. The third kappa shape index (κ3) is 2.56. The molecule has 0 saturated carbocycles. The predicted octanol–water partition coefficient (Wildman–Crippen LogP) is 1.41. The van der Waals surface area contributed by atoms with Gasteiger partial charge in [0, 0.05) is 24.1 Å². The van der Waals surface area contributed by atoms with Crippen LogP contribution >= 0.6 is 0 Å². The zero-order chi connectivity index (χ0) is 11.5. The first-order valence-electron chi connectivity index (χ1n) is 6.30. The number of hydrogen-bond acceptors (Lipinski definition) is 1. The van der Waals surface area contributed by atoms with Gasteiger partial charge in [0.15, 0.2) is 0 Å². The van der Waals surface area contributed by atoms with Gasteiger partial charge >= 0.3 is 0 Å². The van der Waals surface area contributed by atoms with E-state index in [1.54, 1.807) is 4.90 Å². The van der Waals surface area contributed by atoms with E-state index in [-0.39, 0.29) is 0 Å². The monoisotopic (exact) mass is 219 g/mol. The highest BCUT2D eigenvalue weighted by Crippen LogP contribution is 2.17. The Kier molecular flexibility index (Phi) is 3.49. The molecule has 0 aromatic heterocycles. The van der Waals surface area contributed by atoms with Gasteiger partial charge in [-0.15, -0.1) is 0 Å². The lowest BCUT2D eigenvalue weighted by Crippen LogP contribution is -3.14. The van der Waals surface area contributed by atoms with Crippen LogP contribution in [-0.2, 0) is 0 Å². The lowest BCUT2D eigenvalue weighted by Gasteiger charge is -2.37. The van der Waals surface area contributed by atoms with Crippen LogP contribution in [0.2, 0.25) is 0 Å². The highest BCUT2D eigenvalue weighted by Gasteiger charge is 2.31. The van der Waals surface area contributed by atoms with Crippen molar-refractivity contribution in [2.24, 2.45) is 5.92 Å². The van der Waals surface area contributed by atoms with Crippen LogP contribution in [0.25, 0.3) is 0 Å². The summed E-state index contributed by atoms with van der Waals surface area (Å²) in [4.78, 5) is 1.67. The van der Waals surface area contributed by atoms with Gasteiger partial charge in [0.2, 0.25) is 0 Å². The lowest BCUT2D eigenvalue weighted by atomic mass is 9.89. The van der Waals surface area contributed by atoms with Crippen LogP contribution in [0.1, 0.15) is 20.3 Å². The highest BCUT2D eigenvalue weighted by atomic mass is 15.2. The van der Waals surface area contributed by atoms with Gasteiger partial charge < -0.3 is 10.2 Å². The number of likely N-dealkylation sites (tertiary alicyclic amines) is 1. The fraction of sp³-hybridized carbons (Fsp3) is 0.571. The molecule has 2 N–H and O–H groups in total. The Hall–Kier alpha value is -1.02. The fourth-order valence-electron chi connectivity index (χ4n) is 2.62. The summed E-state index contributed by atoms with van der Waals surface area (Å²) < 4.78 is 0. The number of benzene rings is 1. The molecule has 88 valence electrons. The summed E-state index contributed by atoms with van der Waals surface area (Å²) in [5, 5.41) is 3.67. The Bertz CT molecular complexity index is 323. The van der Waals surface area contributed by atoms with Gasteiger partial charge in [-0.05, 0) is 19.1 Å². The number of rotatable bonds is 2. The van der Waals surface area contributed by atoms with Crippen molar-refractivity contribution >= 4 is 5.69 Å². The van der Waals surface area contributed by atoms with E-state index in [4.69, 9.17) is 0 Å².